The monoisotopic (exact) mass is 362 g/mol. The molecule has 4 aromatic carbocycles. The molecule has 6 aromatic rings. The SMILES string of the molecule is Cc1ccc2c(c1)oc1cc(-c3cc(C)c4c(c3)oc3ccccc34)ccc12. The van der Waals surface area contributed by atoms with Crippen molar-refractivity contribution < 1.29 is 8.83 Å². The average molecular weight is 362 g/mol. The quantitative estimate of drug-likeness (QED) is 0.299. The summed E-state index contributed by atoms with van der Waals surface area (Å²) >= 11 is 0. The van der Waals surface area contributed by atoms with E-state index in [1.807, 2.05) is 12.1 Å². The topological polar surface area (TPSA) is 26.3 Å². The molecule has 0 aliphatic rings. The summed E-state index contributed by atoms with van der Waals surface area (Å²) in [6, 6.07) is 25.4. The zero-order valence-corrected chi connectivity index (χ0v) is 15.7. The van der Waals surface area contributed by atoms with Gasteiger partial charge in [0.25, 0.3) is 0 Å². The number of benzene rings is 4. The molecule has 0 saturated carbocycles. The van der Waals surface area contributed by atoms with Crippen LogP contribution in [0.2, 0.25) is 0 Å². The highest BCUT2D eigenvalue weighted by atomic mass is 16.3. The summed E-state index contributed by atoms with van der Waals surface area (Å²) in [5.74, 6) is 0. The molecule has 0 aliphatic heterocycles. The van der Waals surface area contributed by atoms with Crippen LogP contribution in [0.5, 0.6) is 0 Å². The third-order valence-corrected chi connectivity index (χ3v) is 5.64. The Bertz CT molecular complexity index is 1530. The molecular formula is C26H18O2. The molecule has 0 unspecified atom stereocenters. The second-order valence-electron chi connectivity index (χ2n) is 7.58. The minimum atomic E-state index is 0.917. The van der Waals surface area contributed by atoms with E-state index < -0.39 is 0 Å². The van der Waals surface area contributed by atoms with Gasteiger partial charge in [-0.15, -0.1) is 0 Å². The van der Waals surface area contributed by atoms with Crippen LogP contribution in [0, 0.1) is 13.8 Å². The van der Waals surface area contributed by atoms with Crippen molar-refractivity contribution in [3.63, 3.8) is 0 Å². The van der Waals surface area contributed by atoms with Crippen LogP contribution < -0.4 is 0 Å². The van der Waals surface area contributed by atoms with Crippen molar-refractivity contribution in [3.8, 4) is 11.1 Å². The molecule has 0 atom stereocenters. The van der Waals surface area contributed by atoms with Crippen molar-refractivity contribution in [1.82, 2.24) is 0 Å². The van der Waals surface area contributed by atoms with Crippen LogP contribution >= 0.6 is 0 Å². The van der Waals surface area contributed by atoms with E-state index in [1.54, 1.807) is 0 Å². The first kappa shape index (κ1) is 15.5. The van der Waals surface area contributed by atoms with Gasteiger partial charge in [0.05, 0.1) is 0 Å². The van der Waals surface area contributed by atoms with Gasteiger partial charge in [0, 0.05) is 21.5 Å². The molecule has 0 saturated heterocycles. The Morgan fingerprint density at radius 1 is 0.536 bits per heavy atom. The molecule has 2 heterocycles. The highest BCUT2D eigenvalue weighted by molar-refractivity contribution is 6.09. The lowest BCUT2D eigenvalue weighted by Crippen LogP contribution is -1.81. The smallest absolute Gasteiger partial charge is 0.136 e. The Labute approximate surface area is 162 Å². The van der Waals surface area contributed by atoms with Crippen molar-refractivity contribution in [3.05, 3.63) is 83.9 Å². The second kappa shape index (κ2) is 5.49. The van der Waals surface area contributed by atoms with Gasteiger partial charge in [-0.2, -0.15) is 0 Å². The Hall–Kier alpha value is -3.52. The summed E-state index contributed by atoms with van der Waals surface area (Å²) in [5.41, 5.74) is 8.42. The normalized spacial score (nSPS) is 11.9. The van der Waals surface area contributed by atoms with Gasteiger partial charge in [-0.3, -0.25) is 0 Å². The summed E-state index contributed by atoms with van der Waals surface area (Å²) < 4.78 is 12.3. The van der Waals surface area contributed by atoms with Crippen molar-refractivity contribution in [1.29, 1.82) is 0 Å². The van der Waals surface area contributed by atoms with E-state index in [-0.39, 0.29) is 0 Å². The van der Waals surface area contributed by atoms with Gasteiger partial charge in [0.1, 0.15) is 22.3 Å². The van der Waals surface area contributed by atoms with Crippen LogP contribution in [0.1, 0.15) is 11.1 Å². The van der Waals surface area contributed by atoms with Gasteiger partial charge < -0.3 is 8.83 Å². The molecule has 0 aliphatic carbocycles. The standard InChI is InChI=1S/C26H18O2/c1-15-7-9-19-20-10-8-17(13-24(20)28-23(19)11-15)18-12-16(2)26-21-5-3-4-6-22(21)27-25(26)14-18/h3-14H,1-2H3. The minimum absolute atomic E-state index is 0.917. The van der Waals surface area contributed by atoms with Crippen molar-refractivity contribution in [2.45, 2.75) is 13.8 Å². The highest BCUT2D eigenvalue weighted by Crippen LogP contribution is 2.37. The van der Waals surface area contributed by atoms with Gasteiger partial charge in [0.15, 0.2) is 0 Å². The molecule has 6 rings (SSSR count). The first-order valence-electron chi connectivity index (χ1n) is 9.52. The number of furan rings is 2. The maximum Gasteiger partial charge on any atom is 0.136 e. The molecule has 0 fully saturated rings. The van der Waals surface area contributed by atoms with E-state index in [4.69, 9.17) is 8.83 Å². The Morgan fingerprint density at radius 2 is 1.25 bits per heavy atom. The van der Waals surface area contributed by atoms with Gasteiger partial charge in [-0.1, -0.05) is 42.5 Å². The summed E-state index contributed by atoms with van der Waals surface area (Å²) in [6.45, 7) is 4.24. The van der Waals surface area contributed by atoms with Crippen LogP contribution in [-0.2, 0) is 0 Å². The van der Waals surface area contributed by atoms with E-state index in [1.165, 1.54) is 21.9 Å². The Balaban J connectivity index is 1.58. The van der Waals surface area contributed by atoms with Gasteiger partial charge in [-0.05, 0) is 66.4 Å². The van der Waals surface area contributed by atoms with E-state index in [9.17, 15) is 0 Å². The maximum atomic E-state index is 6.14. The number of hydrogen-bond acceptors (Lipinski definition) is 2. The molecule has 0 bridgehead atoms. The third-order valence-electron chi connectivity index (χ3n) is 5.64. The molecule has 2 heteroatoms. The highest BCUT2D eigenvalue weighted by Gasteiger charge is 2.13. The lowest BCUT2D eigenvalue weighted by atomic mass is 9.98. The van der Waals surface area contributed by atoms with E-state index in [2.05, 4.69) is 74.5 Å². The predicted octanol–water partition coefficient (Wildman–Crippen LogP) is 7.77. The summed E-state index contributed by atoms with van der Waals surface area (Å²) in [4.78, 5) is 0. The largest absolute Gasteiger partial charge is 0.456 e. The minimum Gasteiger partial charge on any atom is -0.456 e. The Kier molecular flexibility index (Phi) is 3.05. The van der Waals surface area contributed by atoms with Gasteiger partial charge in [-0.25, -0.2) is 0 Å². The summed E-state index contributed by atoms with van der Waals surface area (Å²) in [7, 11) is 0. The van der Waals surface area contributed by atoms with Crippen molar-refractivity contribution in [2.75, 3.05) is 0 Å². The van der Waals surface area contributed by atoms with E-state index in [0.29, 0.717) is 0 Å². The second-order valence-corrected chi connectivity index (χ2v) is 7.58. The fraction of sp³-hybridized carbons (Fsp3) is 0.0769. The lowest BCUT2D eigenvalue weighted by molar-refractivity contribution is 0.668. The number of fused-ring (bicyclic) bond motifs is 6. The third kappa shape index (κ3) is 2.15. The number of rotatable bonds is 1. The summed E-state index contributed by atoms with van der Waals surface area (Å²) in [5, 5.41) is 4.68. The molecule has 28 heavy (non-hydrogen) atoms. The molecule has 0 radical (unpaired) electrons. The van der Waals surface area contributed by atoms with E-state index >= 15 is 0 Å². The molecule has 134 valence electrons. The van der Waals surface area contributed by atoms with Crippen LogP contribution in [0.25, 0.3) is 55.0 Å². The Morgan fingerprint density at radius 3 is 2.14 bits per heavy atom. The first-order valence-corrected chi connectivity index (χ1v) is 9.52. The summed E-state index contributed by atoms with van der Waals surface area (Å²) in [6.07, 6.45) is 0. The molecule has 0 amide bonds. The number of para-hydroxylation sites is 1. The average Bonchev–Trinajstić information content (AvgIpc) is 3.24. The zero-order chi connectivity index (χ0) is 18.8. The zero-order valence-electron chi connectivity index (χ0n) is 15.7. The fourth-order valence-corrected chi connectivity index (χ4v) is 4.29. The molecule has 0 N–H and O–H groups in total. The maximum absolute atomic E-state index is 6.14. The number of aryl methyl sites for hydroxylation is 2. The van der Waals surface area contributed by atoms with Crippen molar-refractivity contribution in [2.24, 2.45) is 0 Å². The molecule has 0 spiro atoms. The van der Waals surface area contributed by atoms with Crippen LogP contribution in [0.4, 0.5) is 0 Å². The molecular weight excluding hydrogens is 344 g/mol. The predicted molar refractivity (Wildman–Crippen MR) is 116 cm³/mol. The van der Waals surface area contributed by atoms with Gasteiger partial charge >= 0.3 is 0 Å². The van der Waals surface area contributed by atoms with Crippen LogP contribution in [-0.4, -0.2) is 0 Å². The number of hydrogen-bond donors (Lipinski definition) is 0. The molecule has 2 aromatic heterocycles. The van der Waals surface area contributed by atoms with Crippen molar-refractivity contribution >= 4 is 43.9 Å². The van der Waals surface area contributed by atoms with Gasteiger partial charge in [0.2, 0.25) is 0 Å². The lowest BCUT2D eigenvalue weighted by Gasteiger charge is -2.05. The first-order chi connectivity index (χ1) is 13.7. The molecule has 2 nitrogen and oxygen atoms in total. The fourth-order valence-electron chi connectivity index (χ4n) is 4.29. The van der Waals surface area contributed by atoms with E-state index in [0.717, 1.165) is 44.2 Å². The van der Waals surface area contributed by atoms with Crippen LogP contribution in [0.15, 0.2) is 81.6 Å². The van der Waals surface area contributed by atoms with Crippen LogP contribution in [0.3, 0.4) is 0 Å².